The molecule has 6 nitrogen and oxygen atoms in total. The lowest BCUT2D eigenvalue weighted by molar-refractivity contribution is 0.0315. The lowest BCUT2D eigenvalue weighted by Crippen LogP contribution is -2.32. The van der Waals surface area contributed by atoms with Gasteiger partial charge < -0.3 is 10.1 Å². The highest BCUT2D eigenvalue weighted by Gasteiger charge is 2.29. The van der Waals surface area contributed by atoms with Crippen LogP contribution in [0.1, 0.15) is 19.8 Å². The van der Waals surface area contributed by atoms with Crippen molar-refractivity contribution in [3.8, 4) is 0 Å². The van der Waals surface area contributed by atoms with E-state index in [4.69, 9.17) is 16.3 Å². The molecule has 0 radical (unpaired) electrons. The lowest BCUT2D eigenvalue weighted by atomic mass is 10.0. The number of nitrogens with zero attached hydrogens (tertiary/aromatic N) is 3. The minimum absolute atomic E-state index is 0.131. The number of H-pyrrole nitrogens is 1. The van der Waals surface area contributed by atoms with E-state index in [1.54, 1.807) is 6.20 Å². The van der Waals surface area contributed by atoms with Crippen LogP contribution >= 0.6 is 11.6 Å². The molecule has 0 aromatic carbocycles. The summed E-state index contributed by atoms with van der Waals surface area (Å²) < 4.78 is 5.72. The molecule has 3 heterocycles. The first-order valence-corrected chi connectivity index (χ1v) is 6.29. The number of aromatic nitrogens is 4. The molecule has 1 aliphatic heterocycles. The van der Waals surface area contributed by atoms with Gasteiger partial charge in [-0.1, -0.05) is 0 Å². The highest BCUT2D eigenvalue weighted by molar-refractivity contribution is 6.28. The summed E-state index contributed by atoms with van der Waals surface area (Å²) in [4.78, 5) is 8.25. The Morgan fingerprint density at radius 3 is 3.22 bits per heavy atom. The van der Waals surface area contributed by atoms with Gasteiger partial charge in [0.05, 0.1) is 17.2 Å². The van der Waals surface area contributed by atoms with E-state index in [-0.39, 0.29) is 10.9 Å². The first kappa shape index (κ1) is 11.7. The Kier molecular flexibility index (Phi) is 2.83. The Morgan fingerprint density at radius 1 is 1.56 bits per heavy atom. The van der Waals surface area contributed by atoms with Gasteiger partial charge in [0.2, 0.25) is 5.28 Å². The van der Waals surface area contributed by atoms with E-state index in [1.165, 1.54) is 0 Å². The first-order valence-electron chi connectivity index (χ1n) is 5.91. The predicted octanol–water partition coefficient (Wildman–Crippen LogP) is 1.99. The molecule has 0 bridgehead atoms. The third-order valence-corrected chi connectivity index (χ3v) is 3.38. The molecule has 3 rings (SSSR count). The molecular weight excluding hydrogens is 254 g/mol. The van der Waals surface area contributed by atoms with Crippen LogP contribution in [0.25, 0.3) is 11.0 Å². The van der Waals surface area contributed by atoms with Crippen LogP contribution in [-0.4, -0.2) is 38.9 Å². The van der Waals surface area contributed by atoms with Gasteiger partial charge in [-0.2, -0.15) is 15.1 Å². The van der Waals surface area contributed by atoms with Crippen molar-refractivity contribution in [2.75, 3.05) is 18.5 Å². The van der Waals surface area contributed by atoms with Gasteiger partial charge in [-0.25, -0.2) is 0 Å². The number of fused-ring (bicyclic) bond motifs is 1. The minimum Gasteiger partial charge on any atom is -0.373 e. The molecule has 0 saturated carbocycles. The Labute approximate surface area is 109 Å². The summed E-state index contributed by atoms with van der Waals surface area (Å²) >= 11 is 5.87. The van der Waals surface area contributed by atoms with Crippen LogP contribution in [0.5, 0.6) is 0 Å². The predicted molar refractivity (Wildman–Crippen MR) is 68.8 cm³/mol. The summed E-state index contributed by atoms with van der Waals surface area (Å²) in [6.45, 7) is 3.62. The van der Waals surface area contributed by atoms with Crippen LogP contribution in [0.15, 0.2) is 6.20 Å². The van der Waals surface area contributed by atoms with Gasteiger partial charge in [0.25, 0.3) is 0 Å². The fourth-order valence-corrected chi connectivity index (χ4v) is 2.36. The number of aromatic amines is 1. The van der Waals surface area contributed by atoms with Crippen molar-refractivity contribution < 1.29 is 4.74 Å². The fourth-order valence-electron chi connectivity index (χ4n) is 2.19. The normalized spacial score (nSPS) is 23.7. The standard InChI is InChI=1S/C11H14ClN5O/c1-11(3-2-4-18-11)6-13-8-7-5-14-17-9(7)16-10(12)15-8/h5H,2-4,6H2,1H3,(H2,13,14,15,16,17). The summed E-state index contributed by atoms with van der Waals surface area (Å²) in [5.74, 6) is 0.690. The average Bonchev–Trinajstić information content (AvgIpc) is 2.95. The van der Waals surface area contributed by atoms with Gasteiger partial charge in [-0.05, 0) is 31.4 Å². The molecule has 1 atom stereocenters. The molecule has 2 N–H and O–H groups in total. The molecular formula is C11H14ClN5O. The molecule has 2 aromatic heterocycles. The number of halogens is 1. The van der Waals surface area contributed by atoms with Gasteiger partial charge in [0.1, 0.15) is 5.82 Å². The Hall–Kier alpha value is -1.40. The van der Waals surface area contributed by atoms with E-state index in [2.05, 4.69) is 32.4 Å². The number of rotatable bonds is 3. The van der Waals surface area contributed by atoms with Gasteiger partial charge in [0, 0.05) is 13.2 Å². The summed E-state index contributed by atoms with van der Waals surface area (Å²) in [6.07, 6.45) is 3.84. The summed E-state index contributed by atoms with van der Waals surface area (Å²) in [5.41, 5.74) is 0.503. The molecule has 2 aromatic rings. The maximum Gasteiger partial charge on any atom is 0.226 e. The van der Waals surface area contributed by atoms with Crippen molar-refractivity contribution in [2.45, 2.75) is 25.4 Å². The second-order valence-corrected chi connectivity index (χ2v) is 5.07. The number of nitrogens with one attached hydrogen (secondary N) is 2. The molecule has 0 aliphatic carbocycles. The largest absolute Gasteiger partial charge is 0.373 e. The molecule has 96 valence electrons. The van der Waals surface area contributed by atoms with E-state index in [0.29, 0.717) is 18.0 Å². The molecule has 0 amide bonds. The fraction of sp³-hybridized carbons (Fsp3) is 0.545. The van der Waals surface area contributed by atoms with Gasteiger partial charge in [-0.3, -0.25) is 5.10 Å². The summed E-state index contributed by atoms with van der Waals surface area (Å²) in [6, 6.07) is 0. The van der Waals surface area contributed by atoms with Crippen LogP contribution in [0.3, 0.4) is 0 Å². The number of anilines is 1. The van der Waals surface area contributed by atoms with E-state index in [1.807, 2.05) is 0 Å². The minimum atomic E-state index is -0.131. The number of hydrogen-bond donors (Lipinski definition) is 2. The van der Waals surface area contributed by atoms with Crippen LogP contribution in [-0.2, 0) is 4.74 Å². The van der Waals surface area contributed by atoms with E-state index >= 15 is 0 Å². The molecule has 0 spiro atoms. The Morgan fingerprint density at radius 2 is 2.44 bits per heavy atom. The Bertz CT molecular complexity index is 564. The van der Waals surface area contributed by atoms with Gasteiger partial charge in [0.15, 0.2) is 5.65 Å². The molecule has 1 saturated heterocycles. The molecule has 1 aliphatic rings. The zero-order valence-electron chi connectivity index (χ0n) is 10.0. The second-order valence-electron chi connectivity index (χ2n) is 4.73. The maximum atomic E-state index is 5.87. The maximum absolute atomic E-state index is 5.87. The summed E-state index contributed by atoms with van der Waals surface area (Å²) in [7, 11) is 0. The smallest absolute Gasteiger partial charge is 0.226 e. The van der Waals surface area contributed by atoms with E-state index < -0.39 is 0 Å². The topological polar surface area (TPSA) is 75.7 Å². The van der Waals surface area contributed by atoms with Crippen molar-refractivity contribution in [1.29, 1.82) is 0 Å². The van der Waals surface area contributed by atoms with Gasteiger partial charge >= 0.3 is 0 Å². The first-order chi connectivity index (χ1) is 8.66. The monoisotopic (exact) mass is 267 g/mol. The SMILES string of the molecule is CC1(CNc2nc(Cl)nc3[nH]ncc23)CCCO1. The van der Waals surface area contributed by atoms with Crippen LogP contribution in [0, 0.1) is 0 Å². The average molecular weight is 268 g/mol. The number of ether oxygens (including phenoxy) is 1. The lowest BCUT2D eigenvalue weighted by Gasteiger charge is -2.23. The molecule has 1 fully saturated rings. The third-order valence-electron chi connectivity index (χ3n) is 3.21. The molecule has 1 unspecified atom stereocenters. The van der Waals surface area contributed by atoms with Crippen molar-refractivity contribution in [2.24, 2.45) is 0 Å². The zero-order valence-corrected chi connectivity index (χ0v) is 10.8. The van der Waals surface area contributed by atoms with Crippen molar-refractivity contribution in [3.63, 3.8) is 0 Å². The highest BCUT2D eigenvalue weighted by Crippen LogP contribution is 2.26. The zero-order chi connectivity index (χ0) is 12.6. The third kappa shape index (κ3) is 2.13. The number of hydrogen-bond acceptors (Lipinski definition) is 5. The van der Waals surface area contributed by atoms with Crippen LogP contribution in [0.4, 0.5) is 5.82 Å². The highest BCUT2D eigenvalue weighted by atomic mass is 35.5. The van der Waals surface area contributed by atoms with Crippen molar-refractivity contribution in [1.82, 2.24) is 20.2 Å². The van der Waals surface area contributed by atoms with Crippen molar-refractivity contribution >= 4 is 28.5 Å². The molecule has 18 heavy (non-hydrogen) atoms. The van der Waals surface area contributed by atoms with E-state index in [9.17, 15) is 0 Å². The quantitative estimate of drug-likeness (QED) is 0.832. The molecule has 7 heteroatoms. The van der Waals surface area contributed by atoms with Crippen LogP contribution < -0.4 is 5.32 Å². The van der Waals surface area contributed by atoms with Crippen LogP contribution in [0.2, 0.25) is 5.28 Å². The second kappa shape index (κ2) is 4.37. The summed E-state index contributed by atoms with van der Waals surface area (Å²) in [5, 5.41) is 11.0. The van der Waals surface area contributed by atoms with Crippen molar-refractivity contribution in [3.05, 3.63) is 11.5 Å². The Balaban J connectivity index is 1.83. The van der Waals surface area contributed by atoms with E-state index in [0.717, 1.165) is 24.8 Å². The van der Waals surface area contributed by atoms with Gasteiger partial charge in [-0.15, -0.1) is 0 Å².